The number of nitrogens with zero attached hydrogens (tertiary/aromatic N) is 4. The van der Waals surface area contributed by atoms with Crippen molar-refractivity contribution in [2.24, 2.45) is 0 Å². The maximum Gasteiger partial charge on any atom is 0.519 e. The molecule has 95 heavy (non-hydrogen) atoms. The first-order valence-corrected chi connectivity index (χ1v) is 34.8. The van der Waals surface area contributed by atoms with Crippen LogP contribution in [0.15, 0.2) is 182 Å². The molecule has 0 spiro atoms. The molecule has 3 N–H and O–H groups in total. The lowest BCUT2D eigenvalue weighted by Crippen LogP contribution is -2.30. The fourth-order valence-corrected chi connectivity index (χ4v) is 11.0. The predicted molar refractivity (Wildman–Crippen MR) is 409 cm³/mol. The van der Waals surface area contributed by atoms with Crippen LogP contribution in [0.3, 0.4) is 0 Å². The average Bonchev–Trinajstić information content (AvgIpc) is 0.904. The molecule has 0 aliphatic rings. The van der Waals surface area contributed by atoms with Crippen molar-refractivity contribution in [3.05, 3.63) is 276 Å². The Morgan fingerprint density at radius 2 is 0.884 bits per heavy atom. The van der Waals surface area contributed by atoms with Crippen LogP contribution in [0.25, 0.3) is 0 Å². The molecule has 2 unspecified atom stereocenters. The van der Waals surface area contributed by atoms with Gasteiger partial charge in [-0.15, -0.1) is 0 Å². The largest absolute Gasteiger partial charge is 0.519 e. The number of non-ortho nitro benzene ring substituents is 1. The van der Waals surface area contributed by atoms with Crippen LogP contribution < -0.4 is 39.5 Å². The molecule has 13 nitrogen and oxygen atoms in total. The maximum atomic E-state index is 12.7. The third kappa shape index (κ3) is 24.4. The van der Waals surface area contributed by atoms with Crippen molar-refractivity contribution >= 4 is 77.4 Å². The summed E-state index contributed by atoms with van der Waals surface area (Å²) in [7, 11) is 18.1. The number of anilines is 5. The van der Waals surface area contributed by atoms with Crippen molar-refractivity contribution in [1.29, 1.82) is 0 Å². The van der Waals surface area contributed by atoms with Crippen LogP contribution in [-0.4, -0.2) is 73.8 Å². The molecule has 17 heteroatoms. The van der Waals surface area contributed by atoms with Gasteiger partial charge in [0.2, 0.25) is 0 Å². The van der Waals surface area contributed by atoms with Gasteiger partial charge < -0.3 is 34.6 Å². The average molecular weight is 1320 g/mol. The van der Waals surface area contributed by atoms with Gasteiger partial charge in [-0.1, -0.05) is 139 Å². The fraction of sp³-hybridized carbons (Fsp3) is 0.282. The molecule has 9 aromatic carbocycles. The summed E-state index contributed by atoms with van der Waals surface area (Å²) < 4.78 is 30.4. The zero-order valence-electron chi connectivity index (χ0n) is 59.9. The number of nitrogens with two attached hydrogens (primary N) is 1. The first-order valence-electron chi connectivity index (χ1n) is 32.1. The van der Waals surface area contributed by atoms with E-state index in [-0.39, 0.29) is 25.0 Å². The molecule has 9 aromatic rings. The second kappa shape index (κ2) is 38.5. The van der Waals surface area contributed by atoms with Gasteiger partial charge in [0.15, 0.2) is 0 Å². The molecule has 4 radical (unpaired) electrons. The first-order chi connectivity index (χ1) is 45.6. The van der Waals surface area contributed by atoms with E-state index in [2.05, 4.69) is 120 Å². The lowest BCUT2D eigenvalue weighted by Gasteiger charge is -2.26. The smallest absolute Gasteiger partial charge is 0.410 e. The van der Waals surface area contributed by atoms with Crippen LogP contribution in [0.5, 0.6) is 17.2 Å². The predicted octanol–water partition coefficient (Wildman–Crippen LogP) is 20.1. The van der Waals surface area contributed by atoms with E-state index in [1.165, 1.54) is 91.3 Å². The Bertz CT molecular complexity index is 3890. The summed E-state index contributed by atoms with van der Waals surface area (Å²) in [4.78, 5) is 36.6. The fourth-order valence-electron chi connectivity index (χ4n) is 9.88. The number of aryl methyl sites for hydroxylation is 13. The van der Waals surface area contributed by atoms with Gasteiger partial charge in [0.25, 0.3) is 5.69 Å². The van der Waals surface area contributed by atoms with Crippen molar-refractivity contribution in [3.63, 3.8) is 0 Å². The topological polar surface area (TPSA) is 153 Å². The molecular formula is C78H98B2N6O7P2. The van der Waals surface area contributed by atoms with E-state index in [1.807, 2.05) is 163 Å². The SMILES string of the molecule is C.CNc1ccccc1C.Cc1ccc(CCc2cc(C)c(C)c(C)c2)cc1OC(=O)N(C)c1ccccc1C.Cc1ccc(CCc2cc(C)c(C)c(C)c2)cc1OC(=O)Oc1ccc([N+](=O)[O-])cc1.[2H][2H].[B]P(C)N(C)c1ccccc1C.[B]P(C)N(C)c1ccccc1N. The number of para-hydroxylation sites is 5. The molecule has 0 aromatic heterocycles. The van der Waals surface area contributed by atoms with Crippen LogP contribution in [0.2, 0.25) is 0 Å². The van der Waals surface area contributed by atoms with Crippen molar-refractivity contribution in [2.75, 3.05) is 66.8 Å². The summed E-state index contributed by atoms with van der Waals surface area (Å²) in [5, 5.41) is 13.8. The number of hydrogen-bond donors (Lipinski definition) is 2. The van der Waals surface area contributed by atoms with Crippen LogP contribution in [0.4, 0.5) is 43.7 Å². The minimum Gasteiger partial charge on any atom is -0.410 e. The van der Waals surface area contributed by atoms with Crippen molar-refractivity contribution in [3.8, 4) is 17.2 Å². The number of rotatable bonds is 16. The van der Waals surface area contributed by atoms with Gasteiger partial charge in [-0.2, -0.15) is 0 Å². The number of ether oxygens (including phenoxy) is 3. The standard InChI is InChI=1S/C27H31NO2.C25H25NO5.C9H13BNP.C8H12BN2P.C8H11N.CH4.H2/c1-18-9-7-8-10-25(18)28(6)27(29)30-26-17-23(12-11-19(26)2)13-14-24-15-20(3)22(5)21(4)16-24;1-16-5-6-20(7-8-21-13-17(2)19(4)18(3)14-21)15-24(16)31-25(27)30-23-11-9-22(10-12-23)26(28)29;1-8-6-4-5-7-9(8)11(2)12(3)10;1-11(12(2)9)8-6-4-3-5-7(8)10;1-7-5-3-4-6-8(7)9-2;;/h7-12,15-17H,13-14H2,1-6H3;5-6,9-15H,7-8H2,1-4H3;4-7H,1-3H3;3-6H,10H2,1-2H3;3-6,9H,1-2H3;1H4;1H/i;;;;;;1+1D. The molecule has 0 aliphatic carbocycles. The monoisotopic (exact) mass is 1320 g/mol. The Hall–Kier alpha value is -8.89. The molecular weight excluding hydrogens is 1220 g/mol. The molecule has 498 valence electrons. The van der Waals surface area contributed by atoms with Gasteiger partial charge in [-0.25, -0.2) is 9.59 Å². The van der Waals surface area contributed by atoms with Gasteiger partial charge in [-0.3, -0.25) is 15.0 Å². The molecule has 2 atom stereocenters. The minimum atomic E-state index is -0.890. The number of carbonyl (C=O) groups is 2. The Morgan fingerprint density at radius 1 is 0.495 bits per heavy atom. The van der Waals surface area contributed by atoms with Crippen molar-refractivity contribution in [2.45, 2.75) is 109 Å². The van der Waals surface area contributed by atoms with Crippen molar-refractivity contribution < 1.29 is 31.7 Å². The number of nitro benzene ring substituents is 1. The van der Waals surface area contributed by atoms with E-state index in [0.717, 1.165) is 70.6 Å². The van der Waals surface area contributed by atoms with Crippen LogP contribution in [0.1, 0.15) is 93.8 Å². The Labute approximate surface area is 575 Å². The van der Waals surface area contributed by atoms with E-state index in [1.54, 1.807) is 11.9 Å². The second-order valence-electron chi connectivity index (χ2n) is 23.4. The second-order valence-corrected chi connectivity index (χ2v) is 26.9. The van der Waals surface area contributed by atoms with Gasteiger partial charge in [0.05, 0.1) is 16.3 Å². The van der Waals surface area contributed by atoms with Gasteiger partial charge in [0.1, 0.15) is 32.4 Å². The van der Waals surface area contributed by atoms with Crippen LogP contribution in [-0.2, 0) is 25.7 Å². The van der Waals surface area contributed by atoms with E-state index >= 15 is 0 Å². The van der Waals surface area contributed by atoms with Gasteiger partial charge >= 0.3 is 12.2 Å². The lowest BCUT2D eigenvalue weighted by atomic mass is 9.96. The van der Waals surface area contributed by atoms with Gasteiger partial charge in [-0.05, 0) is 253 Å². The highest BCUT2D eigenvalue weighted by Gasteiger charge is 2.18. The molecule has 9 rings (SSSR count). The number of nitro groups is 1. The Kier molecular flexibility index (Phi) is 31.1. The van der Waals surface area contributed by atoms with Crippen LogP contribution in [0, 0.1) is 86.3 Å². The molecule has 0 heterocycles. The number of nitrogens with one attached hydrogen (secondary N) is 1. The third-order valence-corrected chi connectivity index (χ3v) is 18.7. The molecule has 0 fully saturated rings. The summed E-state index contributed by atoms with van der Waals surface area (Å²) in [5.41, 5.74) is 28.9. The van der Waals surface area contributed by atoms with Crippen LogP contribution >= 0.6 is 15.9 Å². The quantitative estimate of drug-likeness (QED) is 0.0181. The first kappa shape index (κ1) is 76.8. The highest BCUT2D eigenvalue weighted by atomic mass is 31.1. The van der Waals surface area contributed by atoms with E-state index < -0.39 is 27.0 Å². The third-order valence-electron chi connectivity index (χ3n) is 16.4. The molecule has 0 aliphatic heterocycles. The normalized spacial score (nSPS) is 11.0. The van der Waals surface area contributed by atoms with E-state index in [4.69, 9.17) is 38.0 Å². The molecule has 0 saturated heterocycles. The van der Waals surface area contributed by atoms with Crippen molar-refractivity contribution in [1.82, 2.24) is 0 Å². The minimum absolute atomic E-state index is 0. The number of nitrogen functional groups attached to an aromatic ring is 1. The maximum absolute atomic E-state index is 12.7. The zero-order chi connectivity index (χ0) is 71.3. The number of benzene rings is 9. The summed E-state index contributed by atoms with van der Waals surface area (Å²) in [6.45, 7) is 26.9. The number of carbonyl (C=O) groups excluding carboxylic acids is 2. The summed E-state index contributed by atoms with van der Waals surface area (Å²) in [5.74, 6) is 1.23. The van der Waals surface area contributed by atoms with E-state index in [0.29, 0.717) is 11.5 Å². The van der Waals surface area contributed by atoms with E-state index in [9.17, 15) is 19.7 Å². The Morgan fingerprint density at radius 3 is 1.29 bits per heavy atom. The number of hydrogen-bond acceptors (Lipinski definition) is 11. The summed E-state index contributed by atoms with van der Waals surface area (Å²) >= 11 is 0. The highest BCUT2D eigenvalue weighted by molar-refractivity contribution is 7.83. The molecule has 0 saturated carbocycles. The summed E-state index contributed by atoms with van der Waals surface area (Å²) in [6, 6.07) is 58.2. The zero-order valence-corrected chi connectivity index (χ0v) is 59.7. The number of amides is 1. The Balaban J connectivity index is 0.000000340. The highest BCUT2D eigenvalue weighted by Crippen LogP contribution is 2.37. The molecule has 0 bridgehead atoms. The van der Waals surface area contributed by atoms with Gasteiger partial charge in [0, 0.05) is 60.4 Å². The summed E-state index contributed by atoms with van der Waals surface area (Å²) in [6.07, 6.45) is 2.29. The lowest BCUT2D eigenvalue weighted by molar-refractivity contribution is -0.384. The molecule has 1 amide bonds.